The summed E-state index contributed by atoms with van der Waals surface area (Å²) in [6.45, 7) is 2.58. The number of piperidine rings is 1. The van der Waals surface area contributed by atoms with Gasteiger partial charge in [-0.15, -0.1) is 0 Å². The molecule has 42 heavy (non-hydrogen) atoms. The van der Waals surface area contributed by atoms with Gasteiger partial charge in [0.25, 0.3) is 0 Å². The highest BCUT2D eigenvalue weighted by molar-refractivity contribution is 6.00. The van der Waals surface area contributed by atoms with Gasteiger partial charge in [0.05, 0.1) is 36.3 Å². The Balaban J connectivity index is 1.24. The van der Waals surface area contributed by atoms with Crippen LogP contribution < -0.4 is 30.3 Å². The van der Waals surface area contributed by atoms with Crippen molar-refractivity contribution in [2.45, 2.75) is 25.7 Å². The molecular weight excluding hydrogens is 543 g/mol. The van der Waals surface area contributed by atoms with Gasteiger partial charge in [-0.25, -0.2) is 14.0 Å². The lowest BCUT2D eigenvalue weighted by atomic mass is 10.1. The first-order valence-corrected chi connectivity index (χ1v) is 13.8. The molecule has 0 bridgehead atoms. The molecule has 3 aromatic rings. The number of ether oxygens (including phenoxy) is 2. The topological polar surface area (TPSA) is 129 Å². The smallest absolute Gasteiger partial charge is 0.335 e. The minimum atomic E-state index is -0.978. The number of Topliss-reactive ketones (excluding diaryl/α,β-unsaturated/α-hetero) is 1. The second kappa shape index (κ2) is 14.8. The van der Waals surface area contributed by atoms with Crippen LogP contribution >= 0.6 is 0 Å². The maximum Gasteiger partial charge on any atom is 0.335 e. The van der Waals surface area contributed by atoms with E-state index in [0.29, 0.717) is 35.9 Å². The van der Waals surface area contributed by atoms with Crippen LogP contribution in [0.4, 0.5) is 26.2 Å². The molecule has 0 aromatic heterocycles. The molecular formula is C31H35FN4O6. The van der Waals surface area contributed by atoms with Gasteiger partial charge in [-0.1, -0.05) is 18.2 Å². The SMILES string of the molecule is COc1cc(CC(=O)CNCCOc2ccc(C(=O)O)cc2N2CCCCC2)ccc1NC(=O)Nc1ccccc1F. The highest BCUT2D eigenvalue weighted by atomic mass is 19.1. The summed E-state index contributed by atoms with van der Waals surface area (Å²) in [6, 6.07) is 15.1. The van der Waals surface area contributed by atoms with Gasteiger partial charge in [-0.05, 0) is 67.3 Å². The maximum atomic E-state index is 13.8. The van der Waals surface area contributed by atoms with Crippen LogP contribution in [0.25, 0.3) is 0 Å². The molecule has 222 valence electrons. The van der Waals surface area contributed by atoms with E-state index in [1.54, 1.807) is 36.4 Å². The van der Waals surface area contributed by atoms with E-state index in [9.17, 15) is 23.9 Å². The number of benzene rings is 3. The molecule has 2 amide bonds. The summed E-state index contributed by atoms with van der Waals surface area (Å²) in [5, 5.41) is 17.6. The Morgan fingerprint density at radius 2 is 1.69 bits per heavy atom. The lowest BCUT2D eigenvalue weighted by Gasteiger charge is -2.30. The molecule has 0 spiro atoms. The average molecular weight is 579 g/mol. The molecule has 0 aliphatic carbocycles. The molecule has 10 nitrogen and oxygen atoms in total. The molecule has 3 aromatic carbocycles. The Bertz CT molecular complexity index is 1410. The first-order valence-electron chi connectivity index (χ1n) is 13.8. The van der Waals surface area contributed by atoms with Crippen molar-refractivity contribution >= 4 is 34.8 Å². The van der Waals surface area contributed by atoms with E-state index in [1.807, 2.05) is 0 Å². The predicted molar refractivity (Wildman–Crippen MR) is 159 cm³/mol. The van der Waals surface area contributed by atoms with Crippen molar-refractivity contribution in [2.24, 2.45) is 0 Å². The fourth-order valence-electron chi connectivity index (χ4n) is 4.69. The Kier molecular flexibility index (Phi) is 10.7. The zero-order valence-corrected chi connectivity index (χ0v) is 23.5. The number of rotatable bonds is 13. The van der Waals surface area contributed by atoms with Crippen LogP contribution in [0.1, 0.15) is 35.2 Å². The Morgan fingerprint density at radius 1 is 0.929 bits per heavy atom. The van der Waals surface area contributed by atoms with Crippen LogP contribution in [-0.2, 0) is 11.2 Å². The number of para-hydroxylation sites is 1. The molecule has 1 heterocycles. The van der Waals surface area contributed by atoms with Crippen LogP contribution in [-0.4, -0.2) is 62.8 Å². The quantitative estimate of drug-likeness (QED) is 0.210. The average Bonchev–Trinajstić information content (AvgIpc) is 2.99. The molecule has 0 radical (unpaired) electrons. The van der Waals surface area contributed by atoms with E-state index in [-0.39, 0.29) is 30.0 Å². The number of methoxy groups -OCH3 is 1. The van der Waals surface area contributed by atoms with Gasteiger partial charge >= 0.3 is 12.0 Å². The summed E-state index contributed by atoms with van der Waals surface area (Å²) in [5.41, 5.74) is 2.13. The normalized spacial score (nSPS) is 12.9. The zero-order valence-electron chi connectivity index (χ0n) is 23.5. The van der Waals surface area contributed by atoms with Crippen LogP contribution in [0.5, 0.6) is 11.5 Å². The van der Waals surface area contributed by atoms with E-state index in [1.165, 1.54) is 31.4 Å². The van der Waals surface area contributed by atoms with Crippen molar-refractivity contribution in [1.29, 1.82) is 0 Å². The first kappa shape index (κ1) is 30.3. The zero-order chi connectivity index (χ0) is 29.9. The van der Waals surface area contributed by atoms with Crippen LogP contribution in [0.15, 0.2) is 60.7 Å². The van der Waals surface area contributed by atoms with Crippen molar-refractivity contribution < 1.29 is 33.4 Å². The number of nitrogens with zero attached hydrogens (tertiary/aromatic N) is 1. The standard InChI is InChI=1S/C31H35FN4O6/c1-41-29-18-21(9-11-26(29)35-31(40)34-25-8-4-3-7-24(25)32)17-23(37)20-33-13-16-42-28-12-10-22(30(38)39)19-27(28)36-14-5-2-6-15-36/h3-4,7-12,18-19,33H,2,5-6,13-17,20H2,1H3,(H,38,39)(H2,34,35,40). The summed E-state index contributed by atoms with van der Waals surface area (Å²) in [6.07, 6.45) is 3.42. The van der Waals surface area contributed by atoms with Crippen molar-refractivity contribution in [2.75, 3.05) is 55.4 Å². The fraction of sp³-hybridized carbons (Fsp3) is 0.323. The fourth-order valence-corrected chi connectivity index (χ4v) is 4.69. The maximum absolute atomic E-state index is 13.8. The molecule has 11 heteroatoms. The number of anilines is 3. The third-order valence-electron chi connectivity index (χ3n) is 6.80. The number of carbonyl (C=O) groups is 3. The number of nitrogens with one attached hydrogen (secondary N) is 3. The van der Waals surface area contributed by atoms with Gasteiger partial charge in [-0.3, -0.25) is 4.79 Å². The summed E-state index contributed by atoms with van der Waals surface area (Å²) in [5.74, 6) is -0.587. The highest BCUT2D eigenvalue weighted by Gasteiger charge is 2.18. The first-order chi connectivity index (χ1) is 20.3. The Hall–Kier alpha value is -4.64. The highest BCUT2D eigenvalue weighted by Crippen LogP contribution is 2.32. The number of halogens is 1. The third-order valence-corrected chi connectivity index (χ3v) is 6.80. The van der Waals surface area contributed by atoms with Crippen molar-refractivity contribution in [3.05, 3.63) is 77.6 Å². The molecule has 4 N–H and O–H groups in total. The number of hydrogen-bond donors (Lipinski definition) is 4. The minimum Gasteiger partial charge on any atom is -0.495 e. The molecule has 1 saturated heterocycles. The molecule has 1 aliphatic heterocycles. The summed E-state index contributed by atoms with van der Waals surface area (Å²) in [7, 11) is 1.45. The molecule has 1 aliphatic rings. The van der Waals surface area contributed by atoms with E-state index in [2.05, 4.69) is 20.9 Å². The number of urea groups is 1. The number of amides is 2. The Labute approximate surface area is 243 Å². The summed E-state index contributed by atoms with van der Waals surface area (Å²) in [4.78, 5) is 38.5. The van der Waals surface area contributed by atoms with Crippen molar-refractivity contribution in [3.8, 4) is 11.5 Å². The number of carbonyl (C=O) groups excluding carboxylic acids is 2. The van der Waals surface area contributed by atoms with E-state index in [4.69, 9.17) is 9.47 Å². The molecule has 4 rings (SSSR count). The monoisotopic (exact) mass is 578 g/mol. The van der Waals surface area contributed by atoms with E-state index in [0.717, 1.165) is 38.0 Å². The van der Waals surface area contributed by atoms with Crippen molar-refractivity contribution in [1.82, 2.24) is 5.32 Å². The molecule has 0 saturated carbocycles. The van der Waals surface area contributed by atoms with Gasteiger partial charge < -0.3 is 35.4 Å². The van der Waals surface area contributed by atoms with Gasteiger partial charge in [0.1, 0.15) is 23.9 Å². The lowest BCUT2D eigenvalue weighted by Crippen LogP contribution is -2.31. The molecule has 0 unspecified atom stereocenters. The minimum absolute atomic E-state index is 0.0464. The van der Waals surface area contributed by atoms with Crippen molar-refractivity contribution in [3.63, 3.8) is 0 Å². The van der Waals surface area contributed by atoms with Gasteiger partial charge in [-0.2, -0.15) is 0 Å². The third kappa shape index (κ3) is 8.43. The van der Waals surface area contributed by atoms with Crippen LogP contribution in [0.2, 0.25) is 0 Å². The second-order valence-corrected chi connectivity index (χ2v) is 9.87. The number of carboxylic acids is 1. The number of ketones is 1. The van der Waals surface area contributed by atoms with Gasteiger partial charge in [0.2, 0.25) is 0 Å². The van der Waals surface area contributed by atoms with Gasteiger partial charge in [0, 0.05) is 26.1 Å². The Morgan fingerprint density at radius 3 is 2.43 bits per heavy atom. The summed E-state index contributed by atoms with van der Waals surface area (Å²) < 4.78 is 25.1. The number of hydrogen-bond acceptors (Lipinski definition) is 7. The van der Waals surface area contributed by atoms with Crippen LogP contribution in [0, 0.1) is 5.82 Å². The second-order valence-electron chi connectivity index (χ2n) is 9.87. The summed E-state index contributed by atoms with van der Waals surface area (Å²) >= 11 is 0. The number of carboxylic acid groups (broad SMARTS) is 1. The van der Waals surface area contributed by atoms with Crippen LogP contribution in [0.3, 0.4) is 0 Å². The van der Waals surface area contributed by atoms with E-state index >= 15 is 0 Å². The van der Waals surface area contributed by atoms with E-state index < -0.39 is 17.8 Å². The predicted octanol–water partition coefficient (Wildman–Crippen LogP) is 4.95. The lowest BCUT2D eigenvalue weighted by molar-refractivity contribution is -0.117. The molecule has 1 fully saturated rings. The largest absolute Gasteiger partial charge is 0.495 e. The number of aromatic carboxylic acids is 1. The molecule has 0 atom stereocenters. The van der Waals surface area contributed by atoms with Gasteiger partial charge in [0.15, 0.2) is 5.78 Å².